The van der Waals surface area contributed by atoms with Gasteiger partial charge in [0.15, 0.2) is 0 Å². The molecule has 3 rings (SSSR count). The lowest BCUT2D eigenvalue weighted by Gasteiger charge is -2.22. The lowest BCUT2D eigenvalue weighted by Crippen LogP contribution is -2.21. The molecule has 0 aliphatic heterocycles. The number of nitrogens with one attached hydrogen (secondary N) is 1. The lowest BCUT2D eigenvalue weighted by atomic mass is 9.92. The molecule has 6 heteroatoms. The number of benzene rings is 2. The van der Waals surface area contributed by atoms with Crippen LogP contribution in [0.4, 0.5) is 16.0 Å². The van der Waals surface area contributed by atoms with E-state index in [1.54, 1.807) is 12.1 Å². The number of hydrogen-bond acceptors (Lipinski definition) is 5. The van der Waals surface area contributed by atoms with Gasteiger partial charge in [-0.2, -0.15) is 0 Å². The van der Waals surface area contributed by atoms with Gasteiger partial charge < -0.3 is 15.8 Å². The Morgan fingerprint density at radius 1 is 1.06 bits per heavy atom. The molecular weight excluding hydrogens is 427 g/mol. The topological polar surface area (TPSA) is 73.1 Å². The third-order valence-corrected chi connectivity index (χ3v) is 6.01. The van der Waals surface area contributed by atoms with E-state index in [0.29, 0.717) is 34.3 Å². The van der Waals surface area contributed by atoms with Crippen molar-refractivity contribution in [3.05, 3.63) is 77.4 Å². The molecular formula is C28H35FN4O. The van der Waals surface area contributed by atoms with Crippen molar-refractivity contribution in [2.45, 2.75) is 65.8 Å². The average molecular weight is 463 g/mol. The molecule has 34 heavy (non-hydrogen) atoms. The Balaban J connectivity index is 2.04. The first-order valence-corrected chi connectivity index (χ1v) is 12.1. The van der Waals surface area contributed by atoms with E-state index >= 15 is 4.39 Å². The minimum Gasteiger partial charge on any atom is -0.457 e. The van der Waals surface area contributed by atoms with Crippen molar-refractivity contribution < 1.29 is 9.13 Å². The quantitative estimate of drug-likeness (QED) is 0.307. The number of nitrogen functional groups attached to an aromatic ring is 1. The monoisotopic (exact) mass is 462 g/mol. The summed E-state index contributed by atoms with van der Waals surface area (Å²) in [5.41, 5.74) is 9.20. The number of rotatable bonds is 11. The van der Waals surface area contributed by atoms with Crippen molar-refractivity contribution in [1.82, 2.24) is 9.97 Å². The first-order valence-electron chi connectivity index (χ1n) is 12.1. The number of halogens is 1. The molecule has 0 bridgehead atoms. The zero-order valence-corrected chi connectivity index (χ0v) is 20.6. The summed E-state index contributed by atoms with van der Waals surface area (Å²) in [7, 11) is 0. The highest BCUT2D eigenvalue weighted by Crippen LogP contribution is 2.38. The standard InChI is InChI=1S/C28H35FN4O/c1-5-8-12-20(7-3)33-28-26(27(30)31-18-32-28)25(19(4)6-2)23-16-15-22(17-24(23)29)34-21-13-10-9-11-14-21/h9-11,13-18,20H,5-8,12H2,1-4H3,(H3,30,31,32,33). The van der Waals surface area contributed by atoms with Crippen LogP contribution in [-0.4, -0.2) is 16.0 Å². The molecule has 2 aromatic carbocycles. The number of nitrogens with two attached hydrogens (primary N) is 1. The molecule has 0 fully saturated rings. The Morgan fingerprint density at radius 3 is 2.47 bits per heavy atom. The number of nitrogens with zero attached hydrogens (tertiary/aromatic N) is 2. The first-order chi connectivity index (χ1) is 16.5. The molecule has 0 radical (unpaired) electrons. The zero-order valence-electron chi connectivity index (χ0n) is 20.6. The molecule has 1 atom stereocenters. The predicted molar refractivity (Wildman–Crippen MR) is 139 cm³/mol. The lowest BCUT2D eigenvalue weighted by molar-refractivity contribution is 0.476. The van der Waals surface area contributed by atoms with E-state index in [1.165, 1.54) is 12.4 Å². The fourth-order valence-corrected chi connectivity index (χ4v) is 3.92. The molecule has 0 saturated carbocycles. The number of para-hydroxylation sites is 1. The van der Waals surface area contributed by atoms with Gasteiger partial charge in [-0.05, 0) is 56.0 Å². The number of hydrogen-bond donors (Lipinski definition) is 2. The maximum absolute atomic E-state index is 15.5. The molecule has 0 saturated heterocycles. The maximum atomic E-state index is 15.5. The van der Waals surface area contributed by atoms with Crippen molar-refractivity contribution in [3.63, 3.8) is 0 Å². The van der Waals surface area contributed by atoms with Crippen LogP contribution in [0.5, 0.6) is 11.5 Å². The number of ether oxygens (including phenoxy) is 1. The fraction of sp³-hybridized carbons (Fsp3) is 0.357. The summed E-state index contributed by atoms with van der Waals surface area (Å²) in [5.74, 6) is 1.67. The molecule has 1 unspecified atom stereocenters. The van der Waals surface area contributed by atoms with Gasteiger partial charge in [-0.15, -0.1) is 0 Å². The van der Waals surface area contributed by atoms with Crippen molar-refractivity contribution in [1.29, 1.82) is 0 Å². The molecule has 0 aliphatic rings. The molecule has 1 heterocycles. The van der Waals surface area contributed by atoms with E-state index < -0.39 is 0 Å². The SMILES string of the molecule is CCCCC(CC)Nc1ncnc(N)c1C(=C(C)CC)c1ccc(Oc2ccccc2)cc1F. The second kappa shape index (κ2) is 12.2. The van der Waals surface area contributed by atoms with E-state index in [9.17, 15) is 0 Å². The van der Waals surface area contributed by atoms with Crippen molar-refractivity contribution >= 4 is 17.2 Å². The summed E-state index contributed by atoms with van der Waals surface area (Å²) in [6.45, 7) is 8.37. The highest BCUT2D eigenvalue weighted by atomic mass is 19.1. The van der Waals surface area contributed by atoms with Crippen LogP contribution in [0, 0.1) is 5.82 Å². The van der Waals surface area contributed by atoms with Crippen LogP contribution in [0.2, 0.25) is 0 Å². The third-order valence-electron chi connectivity index (χ3n) is 6.01. The highest BCUT2D eigenvalue weighted by Gasteiger charge is 2.22. The molecule has 1 aromatic heterocycles. The second-order valence-corrected chi connectivity index (χ2v) is 8.44. The van der Waals surface area contributed by atoms with Crippen molar-refractivity contribution in [2.24, 2.45) is 0 Å². The molecule has 3 aromatic rings. The molecule has 5 nitrogen and oxygen atoms in total. The minimum absolute atomic E-state index is 0.252. The van der Waals surface area contributed by atoms with Crippen LogP contribution in [-0.2, 0) is 0 Å². The second-order valence-electron chi connectivity index (χ2n) is 8.44. The van der Waals surface area contributed by atoms with Gasteiger partial charge in [0.25, 0.3) is 0 Å². The van der Waals surface area contributed by atoms with Crippen LogP contribution in [0.15, 0.2) is 60.4 Å². The van der Waals surface area contributed by atoms with Crippen LogP contribution >= 0.6 is 0 Å². The van der Waals surface area contributed by atoms with E-state index in [-0.39, 0.29) is 11.9 Å². The summed E-state index contributed by atoms with van der Waals surface area (Å²) in [5, 5.41) is 3.55. The van der Waals surface area contributed by atoms with Gasteiger partial charge in [-0.1, -0.05) is 57.4 Å². The van der Waals surface area contributed by atoms with Crippen LogP contribution in [0.3, 0.4) is 0 Å². The number of anilines is 2. The normalized spacial score (nSPS) is 12.7. The summed E-state index contributed by atoms with van der Waals surface area (Å²) in [4.78, 5) is 8.76. The van der Waals surface area contributed by atoms with Crippen molar-refractivity contribution in [3.8, 4) is 11.5 Å². The third kappa shape index (κ3) is 6.13. The van der Waals surface area contributed by atoms with Gasteiger partial charge >= 0.3 is 0 Å². The van der Waals surface area contributed by atoms with Gasteiger partial charge in [-0.3, -0.25) is 0 Å². The summed E-state index contributed by atoms with van der Waals surface area (Å²) in [6, 6.07) is 14.5. The van der Waals surface area contributed by atoms with Crippen LogP contribution in [0.25, 0.3) is 5.57 Å². The Morgan fingerprint density at radius 2 is 1.82 bits per heavy atom. The summed E-state index contributed by atoms with van der Waals surface area (Å²) < 4.78 is 21.3. The Labute approximate surface area is 202 Å². The van der Waals surface area contributed by atoms with Crippen molar-refractivity contribution in [2.75, 3.05) is 11.1 Å². The van der Waals surface area contributed by atoms with E-state index in [0.717, 1.165) is 43.3 Å². The average Bonchev–Trinajstić information content (AvgIpc) is 2.84. The number of unbranched alkanes of at least 4 members (excludes halogenated alkanes) is 1. The first kappa shape index (κ1) is 25.2. The molecule has 180 valence electrons. The van der Waals surface area contributed by atoms with Crippen LogP contribution < -0.4 is 15.8 Å². The molecule has 3 N–H and O–H groups in total. The Bertz CT molecular complexity index is 1110. The van der Waals surface area contributed by atoms with Gasteiger partial charge in [0.2, 0.25) is 0 Å². The molecule has 0 aliphatic carbocycles. The molecule has 0 amide bonds. The smallest absolute Gasteiger partial charge is 0.139 e. The summed E-state index contributed by atoms with van der Waals surface area (Å²) in [6.07, 6.45) is 6.42. The van der Waals surface area contributed by atoms with E-state index in [4.69, 9.17) is 10.5 Å². The predicted octanol–water partition coefficient (Wildman–Crippen LogP) is 7.60. The number of aromatic nitrogens is 2. The van der Waals surface area contributed by atoms with Gasteiger partial charge in [-0.25, -0.2) is 14.4 Å². The van der Waals surface area contributed by atoms with Gasteiger partial charge in [0.1, 0.15) is 35.3 Å². The summed E-state index contributed by atoms with van der Waals surface area (Å²) >= 11 is 0. The minimum atomic E-state index is -0.386. The van der Waals surface area contributed by atoms with Gasteiger partial charge in [0, 0.05) is 17.7 Å². The largest absolute Gasteiger partial charge is 0.457 e. The number of allylic oxidation sites excluding steroid dienone is 1. The maximum Gasteiger partial charge on any atom is 0.139 e. The Kier molecular flexibility index (Phi) is 9.02. The van der Waals surface area contributed by atoms with E-state index in [1.807, 2.05) is 44.2 Å². The zero-order chi connectivity index (χ0) is 24.5. The highest BCUT2D eigenvalue weighted by molar-refractivity contribution is 5.91. The van der Waals surface area contributed by atoms with Gasteiger partial charge in [0.05, 0.1) is 5.56 Å². The fourth-order valence-electron chi connectivity index (χ4n) is 3.92. The van der Waals surface area contributed by atoms with E-state index in [2.05, 4.69) is 29.1 Å². The molecule has 0 spiro atoms. The Hall–Kier alpha value is -3.41. The van der Waals surface area contributed by atoms with Crippen LogP contribution in [0.1, 0.15) is 70.9 Å².